The second-order valence-corrected chi connectivity index (χ2v) is 5.52. The Balaban J connectivity index is 2.06. The zero-order valence-electron chi connectivity index (χ0n) is 10.4. The fraction of sp³-hybridized carbons (Fsp3) is 0.429. The molecule has 0 aliphatic rings. The Hall–Kier alpha value is -1.06. The van der Waals surface area contributed by atoms with Crippen LogP contribution in [0.15, 0.2) is 30.6 Å². The van der Waals surface area contributed by atoms with Gasteiger partial charge < -0.3 is 9.67 Å². The minimum atomic E-state index is -0.328. The summed E-state index contributed by atoms with van der Waals surface area (Å²) in [5.41, 5.74) is 1.01. The van der Waals surface area contributed by atoms with Crippen LogP contribution in [0.2, 0.25) is 0 Å². The summed E-state index contributed by atoms with van der Waals surface area (Å²) in [5.74, 6) is 0. The van der Waals surface area contributed by atoms with Crippen molar-refractivity contribution < 1.29 is 5.11 Å². The first kappa shape index (κ1) is 12.4. The second kappa shape index (κ2) is 5.52. The summed E-state index contributed by atoms with van der Waals surface area (Å²) < 4.78 is 2.14. The molecule has 1 N–H and O–H groups in total. The molecule has 2 aromatic heterocycles. The Morgan fingerprint density at radius 2 is 2.00 bits per heavy atom. The van der Waals surface area contributed by atoms with E-state index in [2.05, 4.69) is 23.6 Å². The van der Waals surface area contributed by atoms with Crippen LogP contribution >= 0.6 is 11.3 Å². The Bertz CT molecular complexity index is 472. The third-order valence-electron chi connectivity index (χ3n) is 2.95. The SMILES string of the molecule is CCc1ccc(Cn2ccc(C(O)CC)c2)s1. The molecule has 3 heteroatoms. The Morgan fingerprint density at radius 3 is 2.65 bits per heavy atom. The molecule has 2 heterocycles. The average Bonchev–Trinajstić information content (AvgIpc) is 2.97. The highest BCUT2D eigenvalue weighted by atomic mass is 32.1. The highest BCUT2D eigenvalue weighted by molar-refractivity contribution is 7.11. The normalized spacial score (nSPS) is 12.9. The number of aromatic nitrogens is 1. The number of rotatable bonds is 5. The molecule has 0 aromatic carbocycles. The van der Waals surface area contributed by atoms with Gasteiger partial charge in [0.05, 0.1) is 12.6 Å². The number of aliphatic hydroxyl groups excluding tert-OH is 1. The molecular formula is C14H19NOS. The van der Waals surface area contributed by atoms with Crippen molar-refractivity contribution in [2.24, 2.45) is 0 Å². The fourth-order valence-electron chi connectivity index (χ4n) is 1.87. The van der Waals surface area contributed by atoms with Crippen molar-refractivity contribution in [3.8, 4) is 0 Å². The van der Waals surface area contributed by atoms with Crippen molar-refractivity contribution in [2.75, 3.05) is 0 Å². The van der Waals surface area contributed by atoms with Crippen LogP contribution in [-0.4, -0.2) is 9.67 Å². The summed E-state index contributed by atoms with van der Waals surface area (Å²) in [4.78, 5) is 2.80. The molecule has 0 saturated carbocycles. The van der Waals surface area contributed by atoms with Crippen LogP contribution in [0.3, 0.4) is 0 Å². The molecule has 17 heavy (non-hydrogen) atoms. The molecule has 2 nitrogen and oxygen atoms in total. The minimum absolute atomic E-state index is 0.328. The summed E-state index contributed by atoms with van der Waals surface area (Å²) in [7, 11) is 0. The first-order chi connectivity index (χ1) is 8.22. The van der Waals surface area contributed by atoms with Crippen LogP contribution in [-0.2, 0) is 13.0 Å². The van der Waals surface area contributed by atoms with Crippen LogP contribution in [0, 0.1) is 0 Å². The molecule has 2 aromatic rings. The highest BCUT2D eigenvalue weighted by Crippen LogP contribution is 2.20. The molecule has 1 atom stereocenters. The van der Waals surface area contributed by atoms with E-state index in [9.17, 15) is 5.11 Å². The van der Waals surface area contributed by atoms with E-state index in [1.54, 1.807) is 0 Å². The molecule has 0 aliphatic heterocycles. The minimum Gasteiger partial charge on any atom is -0.388 e. The smallest absolute Gasteiger partial charge is 0.0802 e. The third-order valence-corrected chi connectivity index (χ3v) is 4.16. The summed E-state index contributed by atoms with van der Waals surface area (Å²) in [6.07, 6.45) is 5.63. The van der Waals surface area contributed by atoms with E-state index >= 15 is 0 Å². The molecule has 0 saturated heterocycles. The molecule has 0 bridgehead atoms. The number of hydrogen-bond donors (Lipinski definition) is 1. The van der Waals surface area contributed by atoms with Gasteiger partial charge in [-0.3, -0.25) is 0 Å². The van der Waals surface area contributed by atoms with Gasteiger partial charge in [0.1, 0.15) is 0 Å². The first-order valence-electron chi connectivity index (χ1n) is 6.14. The largest absolute Gasteiger partial charge is 0.388 e. The third kappa shape index (κ3) is 2.99. The maximum absolute atomic E-state index is 9.74. The topological polar surface area (TPSA) is 25.2 Å². The van der Waals surface area contributed by atoms with Gasteiger partial charge in [-0.2, -0.15) is 0 Å². The van der Waals surface area contributed by atoms with Crippen LogP contribution < -0.4 is 0 Å². The van der Waals surface area contributed by atoms with E-state index < -0.39 is 0 Å². The highest BCUT2D eigenvalue weighted by Gasteiger charge is 2.07. The van der Waals surface area contributed by atoms with E-state index in [4.69, 9.17) is 0 Å². The predicted octanol–water partition coefficient (Wildman–Crippen LogP) is 3.60. The summed E-state index contributed by atoms with van der Waals surface area (Å²) in [6, 6.07) is 6.40. The van der Waals surface area contributed by atoms with Crippen molar-refractivity contribution in [2.45, 2.75) is 39.3 Å². The van der Waals surface area contributed by atoms with Gasteiger partial charge in [0.2, 0.25) is 0 Å². The average molecular weight is 249 g/mol. The number of thiophene rings is 1. The zero-order valence-corrected chi connectivity index (χ0v) is 11.2. The number of aryl methyl sites for hydroxylation is 1. The van der Waals surface area contributed by atoms with Crippen molar-refractivity contribution in [3.05, 3.63) is 45.9 Å². The Morgan fingerprint density at radius 1 is 1.24 bits per heavy atom. The molecule has 1 unspecified atom stereocenters. The van der Waals surface area contributed by atoms with Crippen LogP contribution in [0.1, 0.15) is 41.7 Å². The fourth-order valence-corrected chi connectivity index (χ4v) is 2.83. The second-order valence-electron chi connectivity index (χ2n) is 4.26. The molecule has 0 spiro atoms. The van der Waals surface area contributed by atoms with Crippen molar-refractivity contribution in [3.63, 3.8) is 0 Å². The van der Waals surface area contributed by atoms with Crippen molar-refractivity contribution in [1.29, 1.82) is 0 Å². The molecule has 0 fully saturated rings. The molecule has 2 rings (SSSR count). The summed E-state index contributed by atoms with van der Waals surface area (Å²) in [5, 5.41) is 9.74. The lowest BCUT2D eigenvalue weighted by molar-refractivity contribution is 0.173. The maximum Gasteiger partial charge on any atom is 0.0802 e. The first-order valence-corrected chi connectivity index (χ1v) is 6.96. The van der Waals surface area contributed by atoms with E-state index in [0.717, 1.165) is 24.9 Å². The van der Waals surface area contributed by atoms with Crippen LogP contribution in [0.25, 0.3) is 0 Å². The lowest BCUT2D eigenvalue weighted by Gasteiger charge is -2.04. The summed E-state index contributed by atoms with van der Waals surface area (Å²) in [6.45, 7) is 5.08. The van der Waals surface area contributed by atoms with Gasteiger partial charge in [-0.25, -0.2) is 0 Å². The maximum atomic E-state index is 9.74. The number of nitrogens with zero attached hydrogens (tertiary/aromatic N) is 1. The molecule has 0 aliphatic carbocycles. The van der Waals surface area contributed by atoms with E-state index in [0.29, 0.717) is 0 Å². The van der Waals surface area contributed by atoms with E-state index in [-0.39, 0.29) is 6.10 Å². The zero-order chi connectivity index (χ0) is 12.3. The molecular weight excluding hydrogens is 230 g/mol. The van der Waals surface area contributed by atoms with Gasteiger partial charge in [-0.1, -0.05) is 13.8 Å². The standard InChI is InChI=1S/C14H19NOS/c1-3-12-5-6-13(17-12)10-15-8-7-11(9-15)14(16)4-2/h5-9,14,16H,3-4,10H2,1-2H3. The lowest BCUT2D eigenvalue weighted by atomic mass is 10.1. The van der Waals surface area contributed by atoms with Gasteiger partial charge in [0, 0.05) is 22.1 Å². The molecule has 0 radical (unpaired) electrons. The van der Waals surface area contributed by atoms with Gasteiger partial charge in [-0.05, 0) is 36.6 Å². The predicted molar refractivity (Wildman–Crippen MR) is 72.5 cm³/mol. The summed E-state index contributed by atoms with van der Waals surface area (Å²) >= 11 is 1.87. The number of aliphatic hydroxyl groups is 1. The van der Waals surface area contributed by atoms with Gasteiger partial charge in [0.25, 0.3) is 0 Å². The Kier molecular flexibility index (Phi) is 4.02. The van der Waals surface area contributed by atoms with E-state index in [1.165, 1.54) is 9.75 Å². The van der Waals surface area contributed by atoms with Crippen LogP contribution in [0.4, 0.5) is 0 Å². The van der Waals surface area contributed by atoms with E-state index in [1.807, 2.05) is 36.7 Å². The van der Waals surface area contributed by atoms with Crippen molar-refractivity contribution >= 4 is 11.3 Å². The molecule has 0 amide bonds. The van der Waals surface area contributed by atoms with Gasteiger partial charge in [-0.15, -0.1) is 11.3 Å². The quantitative estimate of drug-likeness (QED) is 0.860. The molecule has 92 valence electrons. The Labute approximate surface area is 107 Å². The van der Waals surface area contributed by atoms with Crippen molar-refractivity contribution in [1.82, 2.24) is 4.57 Å². The monoisotopic (exact) mass is 249 g/mol. The van der Waals surface area contributed by atoms with Gasteiger partial charge >= 0.3 is 0 Å². The number of hydrogen-bond acceptors (Lipinski definition) is 2. The van der Waals surface area contributed by atoms with Gasteiger partial charge in [0.15, 0.2) is 0 Å². The lowest BCUT2D eigenvalue weighted by Crippen LogP contribution is -1.96. The van der Waals surface area contributed by atoms with Crippen LogP contribution in [0.5, 0.6) is 0 Å².